The van der Waals surface area contributed by atoms with Crippen LogP contribution in [0.4, 0.5) is 5.69 Å². The molecule has 2 aromatic rings. The number of carbonyl (C=O) groups is 2. The standard InChI is InChI=1S/C28H35N3O3S/c1-5-8-9-10-20-11-13-22(14-12-20)26(32)29-23-17-15-21(16-18-23)25-24(27(33)34-7-3)19(4)31(6-2)28(35)30-25/h11-18,25H,5-10H2,1-4H3,(H,29,32)(H,30,35). The summed E-state index contributed by atoms with van der Waals surface area (Å²) < 4.78 is 5.33. The van der Waals surface area contributed by atoms with Crippen LogP contribution in [0.15, 0.2) is 59.8 Å². The highest BCUT2D eigenvalue weighted by Crippen LogP contribution is 2.32. The molecular formula is C28H35N3O3S. The number of aryl methyl sites for hydroxylation is 1. The Morgan fingerprint density at radius 1 is 1.03 bits per heavy atom. The smallest absolute Gasteiger partial charge is 0.338 e. The van der Waals surface area contributed by atoms with E-state index in [1.165, 1.54) is 18.4 Å². The molecule has 0 aliphatic carbocycles. The Labute approximate surface area is 213 Å². The number of nitrogens with zero attached hydrogens (tertiary/aromatic N) is 1. The van der Waals surface area contributed by atoms with Crippen LogP contribution in [-0.4, -0.2) is 35.0 Å². The van der Waals surface area contributed by atoms with Crippen molar-refractivity contribution in [3.8, 4) is 0 Å². The van der Waals surface area contributed by atoms with Crippen LogP contribution in [-0.2, 0) is 16.0 Å². The molecule has 6 nitrogen and oxygen atoms in total. The number of rotatable bonds is 10. The third kappa shape index (κ3) is 6.48. The molecule has 35 heavy (non-hydrogen) atoms. The average molecular weight is 494 g/mol. The molecule has 2 N–H and O–H groups in total. The monoisotopic (exact) mass is 493 g/mol. The predicted molar refractivity (Wildman–Crippen MR) is 144 cm³/mol. The van der Waals surface area contributed by atoms with E-state index >= 15 is 0 Å². The Hall–Kier alpha value is -3.19. The van der Waals surface area contributed by atoms with Crippen LogP contribution in [0, 0.1) is 0 Å². The minimum Gasteiger partial charge on any atom is -0.463 e. The van der Waals surface area contributed by atoms with Gasteiger partial charge in [0.1, 0.15) is 0 Å². The summed E-state index contributed by atoms with van der Waals surface area (Å²) in [6, 6.07) is 14.8. The minimum atomic E-state index is -0.422. The lowest BCUT2D eigenvalue weighted by Gasteiger charge is -2.37. The highest BCUT2D eigenvalue weighted by molar-refractivity contribution is 7.80. The second-order valence-corrected chi connectivity index (χ2v) is 8.96. The average Bonchev–Trinajstić information content (AvgIpc) is 2.85. The molecule has 2 aromatic carbocycles. The fourth-order valence-corrected chi connectivity index (χ4v) is 4.63. The first-order chi connectivity index (χ1) is 16.9. The zero-order chi connectivity index (χ0) is 25.4. The summed E-state index contributed by atoms with van der Waals surface area (Å²) in [5.41, 5.74) is 4.74. The first-order valence-electron chi connectivity index (χ1n) is 12.4. The van der Waals surface area contributed by atoms with E-state index in [9.17, 15) is 9.59 Å². The van der Waals surface area contributed by atoms with E-state index in [2.05, 4.69) is 17.6 Å². The third-order valence-corrected chi connectivity index (χ3v) is 6.53. The van der Waals surface area contributed by atoms with Gasteiger partial charge in [-0.3, -0.25) is 4.79 Å². The van der Waals surface area contributed by atoms with Crippen molar-refractivity contribution >= 4 is 34.9 Å². The zero-order valence-corrected chi connectivity index (χ0v) is 21.8. The summed E-state index contributed by atoms with van der Waals surface area (Å²) in [5.74, 6) is -0.518. The van der Waals surface area contributed by atoms with Crippen LogP contribution < -0.4 is 10.6 Å². The maximum absolute atomic E-state index is 12.8. The van der Waals surface area contributed by atoms with Gasteiger partial charge in [0, 0.05) is 23.5 Å². The number of nitrogens with one attached hydrogen (secondary N) is 2. The normalized spacial score (nSPS) is 15.6. The predicted octanol–water partition coefficient (Wildman–Crippen LogP) is 5.76. The van der Waals surface area contributed by atoms with Gasteiger partial charge < -0.3 is 20.3 Å². The topological polar surface area (TPSA) is 70.7 Å². The third-order valence-electron chi connectivity index (χ3n) is 6.19. The van der Waals surface area contributed by atoms with Crippen LogP contribution in [0.3, 0.4) is 0 Å². The number of hydrogen-bond acceptors (Lipinski definition) is 4. The number of hydrogen-bond donors (Lipinski definition) is 2. The van der Waals surface area contributed by atoms with Crippen molar-refractivity contribution < 1.29 is 14.3 Å². The Morgan fingerprint density at radius 2 is 1.71 bits per heavy atom. The van der Waals surface area contributed by atoms with Crippen molar-refractivity contribution in [3.63, 3.8) is 0 Å². The van der Waals surface area contributed by atoms with E-state index < -0.39 is 6.04 Å². The van der Waals surface area contributed by atoms with E-state index in [0.717, 1.165) is 24.1 Å². The van der Waals surface area contributed by atoms with Crippen LogP contribution in [0.5, 0.6) is 0 Å². The van der Waals surface area contributed by atoms with Gasteiger partial charge in [0.2, 0.25) is 0 Å². The number of allylic oxidation sites excluding steroid dienone is 1. The number of thiocarbonyl (C=S) groups is 1. The van der Waals surface area contributed by atoms with Gasteiger partial charge in [-0.2, -0.15) is 0 Å². The summed E-state index contributed by atoms with van der Waals surface area (Å²) in [6.45, 7) is 8.80. The van der Waals surface area contributed by atoms with Gasteiger partial charge in [-0.25, -0.2) is 4.79 Å². The van der Waals surface area contributed by atoms with Crippen molar-refractivity contribution in [3.05, 3.63) is 76.5 Å². The highest BCUT2D eigenvalue weighted by atomic mass is 32.1. The molecule has 1 unspecified atom stereocenters. The number of anilines is 1. The van der Waals surface area contributed by atoms with E-state index in [-0.39, 0.29) is 11.9 Å². The van der Waals surface area contributed by atoms with Crippen LogP contribution >= 0.6 is 12.2 Å². The number of carbonyl (C=O) groups excluding carboxylic acids is 2. The lowest BCUT2D eigenvalue weighted by molar-refractivity contribution is -0.139. The summed E-state index contributed by atoms with van der Waals surface area (Å²) in [4.78, 5) is 27.4. The SMILES string of the molecule is CCCCCc1ccc(C(=O)Nc2ccc(C3NC(=S)N(CC)C(C)=C3C(=O)OCC)cc2)cc1. The fourth-order valence-electron chi connectivity index (χ4n) is 4.25. The van der Waals surface area contributed by atoms with E-state index in [4.69, 9.17) is 17.0 Å². The van der Waals surface area contributed by atoms with Crippen molar-refractivity contribution in [2.24, 2.45) is 0 Å². The van der Waals surface area contributed by atoms with E-state index in [0.29, 0.717) is 35.1 Å². The summed E-state index contributed by atoms with van der Waals surface area (Å²) in [6.07, 6.45) is 4.61. The second kappa shape index (κ2) is 12.5. The Kier molecular flexibility index (Phi) is 9.43. The Balaban J connectivity index is 1.74. The molecule has 186 valence electrons. The van der Waals surface area contributed by atoms with E-state index in [1.54, 1.807) is 6.92 Å². The Bertz CT molecular complexity index is 1080. The molecule has 0 saturated carbocycles. The van der Waals surface area contributed by atoms with Crippen molar-refractivity contribution in [1.29, 1.82) is 0 Å². The molecule has 0 saturated heterocycles. The number of ether oxygens (including phenoxy) is 1. The molecule has 1 aliphatic rings. The molecule has 1 amide bonds. The summed E-state index contributed by atoms with van der Waals surface area (Å²) in [5, 5.41) is 6.79. The molecule has 1 atom stereocenters. The minimum absolute atomic E-state index is 0.156. The largest absolute Gasteiger partial charge is 0.463 e. The van der Waals surface area contributed by atoms with Crippen LogP contribution in [0.25, 0.3) is 0 Å². The molecule has 0 aromatic heterocycles. The molecule has 1 aliphatic heterocycles. The molecule has 0 spiro atoms. The van der Waals surface area contributed by atoms with Crippen molar-refractivity contribution in [2.75, 3.05) is 18.5 Å². The van der Waals surface area contributed by atoms with Gasteiger partial charge in [-0.15, -0.1) is 0 Å². The van der Waals surface area contributed by atoms with Crippen LogP contribution in [0.2, 0.25) is 0 Å². The molecule has 0 bridgehead atoms. The first-order valence-corrected chi connectivity index (χ1v) is 12.8. The van der Waals surface area contributed by atoms with E-state index in [1.807, 2.05) is 67.3 Å². The number of esters is 1. The first kappa shape index (κ1) is 26.4. The summed E-state index contributed by atoms with van der Waals surface area (Å²) in [7, 11) is 0. The zero-order valence-electron chi connectivity index (χ0n) is 21.0. The molecule has 0 fully saturated rings. The lowest BCUT2D eigenvalue weighted by Crippen LogP contribution is -2.47. The van der Waals surface area contributed by atoms with Gasteiger partial charge in [-0.05, 0) is 81.2 Å². The maximum Gasteiger partial charge on any atom is 0.338 e. The number of benzene rings is 2. The Morgan fingerprint density at radius 3 is 2.31 bits per heavy atom. The molecule has 1 heterocycles. The van der Waals surface area contributed by atoms with Gasteiger partial charge in [0.05, 0.1) is 18.2 Å². The number of amides is 1. The lowest BCUT2D eigenvalue weighted by atomic mass is 9.95. The van der Waals surface area contributed by atoms with Crippen molar-refractivity contribution in [1.82, 2.24) is 10.2 Å². The molecule has 3 rings (SSSR count). The van der Waals surface area contributed by atoms with Gasteiger partial charge in [0.15, 0.2) is 5.11 Å². The van der Waals surface area contributed by atoms with Crippen molar-refractivity contribution in [2.45, 2.75) is 59.4 Å². The van der Waals surface area contributed by atoms with Gasteiger partial charge >= 0.3 is 5.97 Å². The van der Waals surface area contributed by atoms with Crippen LogP contribution in [0.1, 0.15) is 74.5 Å². The van der Waals surface area contributed by atoms with Gasteiger partial charge in [0.25, 0.3) is 5.91 Å². The molecular weight excluding hydrogens is 458 g/mol. The molecule has 0 radical (unpaired) electrons. The molecule has 7 heteroatoms. The second-order valence-electron chi connectivity index (χ2n) is 8.58. The highest BCUT2D eigenvalue weighted by Gasteiger charge is 2.34. The van der Waals surface area contributed by atoms with Gasteiger partial charge in [-0.1, -0.05) is 44.0 Å². The quantitative estimate of drug-likeness (QED) is 0.249. The number of unbranched alkanes of at least 4 members (excludes halogenated alkanes) is 2. The fraction of sp³-hybridized carbons (Fsp3) is 0.393. The maximum atomic E-state index is 12.8. The summed E-state index contributed by atoms with van der Waals surface area (Å²) >= 11 is 5.53.